The fourth-order valence-corrected chi connectivity index (χ4v) is 3.13. The number of carbonyl (C=O) groups excluding carboxylic acids is 2. The van der Waals surface area contributed by atoms with Gasteiger partial charge in [-0.05, 0) is 30.3 Å². The molecule has 122 valence electrons. The Morgan fingerprint density at radius 2 is 2.08 bits per heavy atom. The number of hydrogen-bond donors (Lipinski definition) is 2. The van der Waals surface area contributed by atoms with Crippen molar-refractivity contribution in [1.82, 2.24) is 0 Å². The van der Waals surface area contributed by atoms with Crippen LogP contribution in [0.25, 0.3) is 0 Å². The van der Waals surface area contributed by atoms with Crippen LogP contribution in [-0.4, -0.2) is 22.5 Å². The monoisotopic (exact) mass is 363 g/mol. The van der Waals surface area contributed by atoms with E-state index in [0.717, 1.165) is 4.90 Å². The highest BCUT2D eigenvalue weighted by Crippen LogP contribution is 2.32. The van der Waals surface area contributed by atoms with Gasteiger partial charge in [0, 0.05) is 22.2 Å². The number of halogens is 1. The Labute approximate surface area is 145 Å². The molecule has 0 spiro atoms. The average Bonchev–Trinajstić information content (AvgIpc) is 2.55. The molecule has 2 aromatic rings. The Hall–Kier alpha value is -2.58. The van der Waals surface area contributed by atoms with Crippen LogP contribution in [0.5, 0.6) is 0 Å². The van der Waals surface area contributed by atoms with E-state index < -0.39 is 10.8 Å². The first-order valence-corrected chi connectivity index (χ1v) is 8.12. The van der Waals surface area contributed by atoms with Gasteiger partial charge in [0.1, 0.15) is 5.02 Å². The van der Waals surface area contributed by atoms with Crippen molar-refractivity contribution in [2.75, 3.05) is 16.4 Å². The average molecular weight is 364 g/mol. The summed E-state index contributed by atoms with van der Waals surface area (Å²) in [5.41, 5.74) is 0.871. The highest BCUT2D eigenvalue weighted by atomic mass is 35.5. The van der Waals surface area contributed by atoms with Crippen LogP contribution in [0.3, 0.4) is 0 Å². The van der Waals surface area contributed by atoms with Crippen LogP contribution in [0.2, 0.25) is 5.02 Å². The van der Waals surface area contributed by atoms with Crippen LogP contribution < -0.4 is 10.6 Å². The first-order valence-electron chi connectivity index (χ1n) is 6.76. The summed E-state index contributed by atoms with van der Waals surface area (Å²) in [5.74, 6) is -0.231. The quantitative estimate of drug-likeness (QED) is 0.641. The molecule has 0 saturated carbocycles. The van der Waals surface area contributed by atoms with Gasteiger partial charge in [-0.1, -0.05) is 11.6 Å². The summed E-state index contributed by atoms with van der Waals surface area (Å²) in [6.07, 6.45) is 0. The molecule has 0 radical (unpaired) electrons. The number of fused-ring (bicyclic) bond motifs is 1. The molecule has 9 heteroatoms. The van der Waals surface area contributed by atoms with Crippen LogP contribution in [0.1, 0.15) is 10.4 Å². The van der Waals surface area contributed by atoms with Gasteiger partial charge in [-0.3, -0.25) is 19.7 Å². The first kappa shape index (κ1) is 16.3. The molecule has 0 fully saturated rings. The van der Waals surface area contributed by atoms with E-state index in [-0.39, 0.29) is 22.3 Å². The van der Waals surface area contributed by atoms with Crippen LogP contribution in [0.15, 0.2) is 41.3 Å². The van der Waals surface area contributed by atoms with Gasteiger partial charge in [0.2, 0.25) is 5.91 Å². The summed E-state index contributed by atoms with van der Waals surface area (Å²) in [5, 5.41) is 16.2. The Morgan fingerprint density at radius 1 is 1.29 bits per heavy atom. The third-order valence-electron chi connectivity index (χ3n) is 3.28. The molecule has 2 aromatic carbocycles. The number of amides is 2. The summed E-state index contributed by atoms with van der Waals surface area (Å²) in [4.78, 5) is 34.9. The smallest absolute Gasteiger partial charge is 0.289 e. The van der Waals surface area contributed by atoms with Crippen LogP contribution in [0.4, 0.5) is 17.1 Å². The minimum Gasteiger partial charge on any atom is -0.324 e. The molecule has 1 heterocycles. The normalized spacial score (nSPS) is 13.0. The molecule has 0 aromatic heterocycles. The van der Waals surface area contributed by atoms with Gasteiger partial charge in [0.15, 0.2) is 0 Å². The van der Waals surface area contributed by atoms with Crippen molar-refractivity contribution in [3.8, 4) is 0 Å². The van der Waals surface area contributed by atoms with E-state index in [9.17, 15) is 19.7 Å². The molecule has 0 aliphatic carbocycles. The van der Waals surface area contributed by atoms with Crippen molar-refractivity contribution < 1.29 is 14.5 Å². The fourth-order valence-electron chi connectivity index (χ4n) is 2.16. The van der Waals surface area contributed by atoms with Gasteiger partial charge in [-0.15, -0.1) is 11.8 Å². The van der Waals surface area contributed by atoms with Gasteiger partial charge in [0.25, 0.3) is 11.6 Å². The van der Waals surface area contributed by atoms with E-state index in [1.807, 2.05) is 0 Å². The molecule has 2 amide bonds. The van der Waals surface area contributed by atoms with Crippen molar-refractivity contribution >= 4 is 52.2 Å². The summed E-state index contributed by atoms with van der Waals surface area (Å²) >= 11 is 7.14. The summed E-state index contributed by atoms with van der Waals surface area (Å²) in [6, 6.07) is 8.96. The summed E-state index contributed by atoms with van der Waals surface area (Å²) in [6.45, 7) is 0. The van der Waals surface area contributed by atoms with Crippen molar-refractivity contribution in [2.45, 2.75) is 4.90 Å². The van der Waals surface area contributed by atoms with Crippen molar-refractivity contribution in [1.29, 1.82) is 0 Å². The van der Waals surface area contributed by atoms with Crippen LogP contribution >= 0.6 is 23.4 Å². The Balaban J connectivity index is 1.83. The molecule has 0 unspecified atom stereocenters. The second-order valence-corrected chi connectivity index (χ2v) is 6.35. The van der Waals surface area contributed by atoms with E-state index in [0.29, 0.717) is 17.0 Å². The molecular formula is C15H10ClN3O4S. The predicted octanol–water partition coefficient (Wildman–Crippen LogP) is 3.54. The summed E-state index contributed by atoms with van der Waals surface area (Å²) < 4.78 is 0. The molecule has 0 atom stereocenters. The number of benzene rings is 2. The maximum Gasteiger partial charge on any atom is 0.289 e. The number of nitro benzene ring substituents is 1. The van der Waals surface area contributed by atoms with Gasteiger partial charge in [-0.2, -0.15) is 0 Å². The topological polar surface area (TPSA) is 101 Å². The van der Waals surface area contributed by atoms with Crippen molar-refractivity contribution in [2.24, 2.45) is 0 Å². The zero-order valence-corrected chi connectivity index (χ0v) is 13.6. The maximum absolute atomic E-state index is 12.3. The highest BCUT2D eigenvalue weighted by molar-refractivity contribution is 8.00. The standard InChI is InChI=1S/C15H10ClN3O4S/c16-10-3-2-9(6-12(10)19(22)23)17-15(21)8-1-4-13-11(5-8)18-14(20)7-24-13/h1-6H,7H2,(H,17,21)(H,18,20). The van der Waals surface area contributed by atoms with Crippen LogP contribution in [0, 0.1) is 10.1 Å². The van der Waals surface area contributed by atoms with E-state index in [4.69, 9.17) is 11.6 Å². The van der Waals surface area contributed by atoms with E-state index in [1.54, 1.807) is 18.2 Å². The molecule has 0 bridgehead atoms. The number of nitrogens with zero attached hydrogens (tertiary/aromatic N) is 1. The zero-order chi connectivity index (χ0) is 17.3. The Bertz CT molecular complexity index is 872. The predicted molar refractivity (Wildman–Crippen MR) is 91.9 cm³/mol. The van der Waals surface area contributed by atoms with Crippen molar-refractivity contribution in [3.05, 3.63) is 57.1 Å². The molecular weight excluding hydrogens is 354 g/mol. The van der Waals surface area contributed by atoms with Gasteiger partial charge in [-0.25, -0.2) is 0 Å². The number of nitrogens with one attached hydrogen (secondary N) is 2. The number of anilines is 2. The molecule has 7 nitrogen and oxygen atoms in total. The highest BCUT2D eigenvalue weighted by Gasteiger charge is 2.18. The SMILES string of the molecule is O=C1CSc2ccc(C(=O)Nc3ccc(Cl)c([N+](=O)[O-])c3)cc2N1. The van der Waals surface area contributed by atoms with E-state index >= 15 is 0 Å². The zero-order valence-electron chi connectivity index (χ0n) is 12.0. The first-order chi connectivity index (χ1) is 11.4. The Morgan fingerprint density at radius 3 is 2.83 bits per heavy atom. The lowest BCUT2D eigenvalue weighted by atomic mass is 10.1. The number of thioether (sulfide) groups is 1. The number of rotatable bonds is 3. The molecule has 0 saturated heterocycles. The lowest BCUT2D eigenvalue weighted by Gasteiger charge is -2.17. The molecule has 24 heavy (non-hydrogen) atoms. The number of nitro groups is 1. The van der Waals surface area contributed by atoms with E-state index in [2.05, 4.69) is 10.6 Å². The maximum atomic E-state index is 12.3. The van der Waals surface area contributed by atoms with Crippen molar-refractivity contribution in [3.63, 3.8) is 0 Å². The minimum absolute atomic E-state index is 0.00785. The molecule has 3 rings (SSSR count). The number of hydrogen-bond acceptors (Lipinski definition) is 5. The third kappa shape index (κ3) is 3.34. The largest absolute Gasteiger partial charge is 0.324 e. The lowest BCUT2D eigenvalue weighted by Crippen LogP contribution is -2.19. The second kappa shape index (κ2) is 6.50. The third-order valence-corrected chi connectivity index (χ3v) is 4.67. The lowest BCUT2D eigenvalue weighted by molar-refractivity contribution is -0.384. The minimum atomic E-state index is -0.621. The van der Waals surface area contributed by atoms with Gasteiger partial charge < -0.3 is 10.6 Å². The summed E-state index contributed by atoms with van der Waals surface area (Å²) in [7, 11) is 0. The fraction of sp³-hybridized carbons (Fsp3) is 0.0667. The second-order valence-electron chi connectivity index (χ2n) is 4.93. The Kier molecular flexibility index (Phi) is 4.41. The van der Waals surface area contributed by atoms with E-state index in [1.165, 1.54) is 30.0 Å². The molecule has 2 N–H and O–H groups in total. The van der Waals surface area contributed by atoms with Gasteiger partial charge >= 0.3 is 0 Å². The van der Waals surface area contributed by atoms with Crippen LogP contribution in [-0.2, 0) is 4.79 Å². The number of carbonyl (C=O) groups is 2. The van der Waals surface area contributed by atoms with Gasteiger partial charge in [0.05, 0.1) is 16.4 Å². The molecule has 1 aliphatic rings. The molecule has 1 aliphatic heterocycles.